The molecule has 1 aromatic carbocycles. The minimum absolute atomic E-state index is 0.158. The largest absolute Gasteiger partial charge is 0.480 e. The monoisotopic (exact) mass is 293 g/mol. The van der Waals surface area contributed by atoms with E-state index in [1.54, 1.807) is 0 Å². The lowest BCUT2D eigenvalue weighted by molar-refractivity contribution is -0.143. The van der Waals surface area contributed by atoms with Crippen molar-refractivity contribution in [1.29, 1.82) is 0 Å². The lowest BCUT2D eigenvalue weighted by atomic mass is 10.0. The normalized spacial score (nSPS) is 13.8. The van der Waals surface area contributed by atoms with Gasteiger partial charge in [0.2, 0.25) is 5.91 Å². The molecule has 0 heterocycles. The fraction of sp³-hybridized carbons (Fsp3) is 0.500. The van der Waals surface area contributed by atoms with Gasteiger partial charge in [0.05, 0.1) is 0 Å². The van der Waals surface area contributed by atoms with Crippen molar-refractivity contribution in [1.82, 2.24) is 5.32 Å². The maximum Gasteiger partial charge on any atom is 0.326 e. The van der Waals surface area contributed by atoms with Crippen LogP contribution in [0.1, 0.15) is 31.4 Å². The Bertz CT molecular complexity index is 499. The minimum atomic E-state index is -1.18. The van der Waals surface area contributed by atoms with E-state index in [0.717, 1.165) is 11.1 Å². The molecule has 1 aromatic rings. The summed E-state index contributed by atoms with van der Waals surface area (Å²) >= 11 is 0. The Labute approximate surface area is 125 Å². The number of aryl methyl sites for hydroxylation is 1. The summed E-state index contributed by atoms with van der Waals surface area (Å²) in [6.45, 7) is 5.67. The predicted octanol–water partition coefficient (Wildman–Crippen LogP) is 1.51. The summed E-state index contributed by atoms with van der Waals surface area (Å²) in [6, 6.07) is 6.39. The molecule has 116 valence electrons. The molecule has 1 amide bonds. The highest BCUT2D eigenvalue weighted by molar-refractivity contribution is 5.86. The third-order valence-corrected chi connectivity index (χ3v) is 3.30. The number of rotatable bonds is 7. The highest BCUT2D eigenvalue weighted by atomic mass is 16.4. The summed E-state index contributed by atoms with van der Waals surface area (Å²) in [6.07, 6.45) is -0.672. The van der Waals surface area contributed by atoms with Crippen molar-refractivity contribution >= 4 is 11.9 Å². The van der Waals surface area contributed by atoms with Crippen LogP contribution in [0.4, 0.5) is 0 Å². The van der Waals surface area contributed by atoms with E-state index in [1.807, 2.05) is 45.0 Å². The van der Waals surface area contributed by atoms with Crippen LogP contribution in [-0.2, 0) is 16.0 Å². The first kappa shape index (κ1) is 17.2. The van der Waals surface area contributed by atoms with Crippen molar-refractivity contribution in [2.45, 2.75) is 45.8 Å². The average molecular weight is 293 g/mol. The first-order chi connectivity index (χ1) is 9.81. The molecule has 5 nitrogen and oxygen atoms in total. The molecule has 0 saturated carbocycles. The maximum atomic E-state index is 11.8. The lowest BCUT2D eigenvalue weighted by Gasteiger charge is -2.19. The van der Waals surface area contributed by atoms with Gasteiger partial charge in [-0.25, -0.2) is 4.79 Å². The van der Waals surface area contributed by atoms with Gasteiger partial charge in [-0.15, -0.1) is 0 Å². The van der Waals surface area contributed by atoms with Crippen LogP contribution < -0.4 is 5.32 Å². The molecule has 1 rings (SSSR count). The molecule has 0 aliphatic heterocycles. The van der Waals surface area contributed by atoms with Gasteiger partial charge in [-0.3, -0.25) is 4.79 Å². The molecule has 5 heteroatoms. The van der Waals surface area contributed by atoms with Crippen LogP contribution in [0.3, 0.4) is 0 Å². The van der Waals surface area contributed by atoms with Gasteiger partial charge in [0.15, 0.2) is 0 Å². The van der Waals surface area contributed by atoms with Crippen molar-refractivity contribution in [2.75, 3.05) is 0 Å². The lowest BCUT2D eigenvalue weighted by Crippen LogP contribution is -2.47. The van der Waals surface area contributed by atoms with Crippen LogP contribution in [0.2, 0.25) is 0 Å². The van der Waals surface area contributed by atoms with E-state index in [0.29, 0.717) is 6.42 Å². The Balaban J connectivity index is 2.73. The van der Waals surface area contributed by atoms with Crippen LogP contribution in [-0.4, -0.2) is 34.2 Å². The molecule has 0 aromatic heterocycles. The zero-order valence-electron chi connectivity index (χ0n) is 12.7. The van der Waals surface area contributed by atoms with E-state index >= 15 is 0 Å². The van der Waals surface area contributed by atoms with Gasteiger partial charge in [-0.2, -0.15) is 0 Å². The van der Waals surface area contributed by atoms with E-state index < -0.39 is 24.0 Å². The van der Waals surface area contributed by atoms with Crippen molar-refractivity contribution in [3.63, 3.8) is 0 Å². The summed E-state index contributed by atoms with van der Waals surface area (Å²) in [5, 5.41) is 21.4. The van der Waals surface area contributed by atoms with Gasteiger partial charge in [0, 0.05) is 6.42 Å². The molecule has 0 aliphatic rings. The third-order valence-electron chi connectivity index (χ3n) is 3.30. The van der Waals surface area contributed by atoms with Crippen LogP contribution in [0.25, 0.3) is 0 Å². The van der Waals surface area contributed by atoms with Gasteiger partial charge in [0.1, 0.15) is 12.1 Å². The van der Waals surface area contributed by atoms with Crippen molar-refractivity contribution in [3.8, 4) is 0 Å². The number of aliphatic carboxylic acids is 1. The van der Waals surface area contributed by atoms with Crippen LogP contribution in [0, 0.1) is 12.8 Å². The van der Waals surface area contributed by atoms with E-state index in [9.17, 15) is 19.8 Å². The minimum Gasteiger partial charge on any atom is -0.480 e. The molecule has 0 radical (unpaired) electrons. The predicted molar refractivity (Wildman–Crippen MR) is 79.9 cm³/mol. The quantitative estimate of drug-likeness (QED) is 0.711. The third kappa shape index (κ3) is 5.55. The molecule has 0 spiro atoms. The van der Waals surface area contributed by atoms with E-state index in [4.69, 9.17) is 0 Å². The zero-order valence-corrected chi connectivity index (χ0v) is 12.7. The van der Waals surface area contributed by atoms with E-state index in [2.05, 4.69) is 5.32 Å². The standard InChI is InChI=1S/C16H23NO4/c1-10(2)8-14(18)15(19)17-13(16(20)21)9-12-7-5-4-6-11(12)3/h4-7,10,13-14,18H,8-9H2,1-3H3,(H,17,19)(H,20,21)/t13-,14+/m0/s1. The summed E-state index contributed by atoms with van der Waals surface area (Å²) in [5.74, 6) is -1.58. The number of hydrogen-bond donors (Lipinski definition) is 3. The Kier molecular flexibility index (Phi) is 6.37. The molecule has 0 aliphatic carbocycles. The van der Waals surface area contributed by atoms with Crippen molar-refractivity contribution in [2.24, 2.45) is 5.92 Å². The molecule has 3 N–H and O–H groups in total. The highest BCUT2D eigenvalue weighted by Crippen LogP contribution is 2.11. The second-order valence-electron chi connectivity index (χ2n) is 5.68. The number of carbonyl (C=O) groups excluding carboxylic acids is 1. The van der Waals surface area contributed by atoms with Crippen LogP contribution in [0.5, 0.6) is 0 Å². The Hall–Kier alpha value is -1.88. The molecule has 0 bridgehead atoms. The Morgan fingerprint density at radius 1 is 1.24 bits per heavy atom. The summed E-state index contributed by atoms with van der Waals surface area (Å²) in [4.78, 5) is 23.1. The molecule has 2 atom stereocenters. The fourth-order valence-electron chi connectivity index (χ4n) is 2.08. The Morgan fingerprint density at radius 3 is 2.38 bits per heavy atom. The highest BCUT2D eigenvalue weighted by Gasteiger charge is 2.25. The summed E-state index contributed by atoms with van der Waals surface area (Å²) in [5.41, 5.74) is 1.84. The van der Waals surface area contributed by atoms with Crippen LogP contribution >= 0.6 is 0 Å². The number of carboxylic acids is 1. The number of carbonyl (C=O) groups is 2. The van der Waals surface area contributed by atoms with Crippen molar-refractivity contribution in [3.05, 3.63) is 35.4 Å². The Morgan fingerprint density at radius 2 is 1.86 bits per heavy atom. The molecular weight excluding hydrogens is 270 g/mol. The maximum absolute atomic E-state index is 11.8. The SMILES string of the molecule is Cc1ccccc1C[C@H](NC(=O)[C@H](O)CC(C)C)C(=O)O. The zero-order chi connectivity index (χ0) is 16.0. The smallest absolute Gasteiger partial charge is 0.326 e. The van der Waals surface area contributed by atoms with Gasteiger partial charge in [-0.1, -0.05) is 38.1 Å². The molecule has 21 heavy (non-hydrogen) atoms. The fourth-order valence-corrected chi connectivity index (χ4v) is 2.08. The van der Waals surface area contributed by atoms with Gasteiger partial charge >= 0.3 is 5.97 Å². The molecule has 0 saturated heterocycles. The van der Waals surface area contributed by atoms with E-state index in [-0.39, 0.29) is 12.3 Å². The molecule has 0 unspecified atom stereocenters. The summed E-state index contributed by atoms with van der Waals surface area (Å²) < 4.78 is 0. The number of benzene rings is 1. The van der Waals surface area contributed by atoms with Gasteiger partial charge < -0.3 is 15.5 Å². The van der Waals surface area contributed by atoms with Crippen LogP contribution in [0.15, 0.2) is 24.3 Å². The average Bonchev–Trinajstić information content (AvgIpc) is 2.39. The topological polar surface area (TPSA) is 86.6 Å². The van der Waals surface area contributed by atoms with Crippen molar-refractivity contribution < 1.29 is 19.8 Å². The van der Waals surface area contributed by atoms with E-state index in [1.165, 1.54) is 0 Å². The number of aliphatic hydroxyl groups excluding tert-OH is 1. The second-order valence-corrected chi connectivity index (χ2v) is 5.68. The van der Waals surface area contributed by atoms with Gasteiger partial charge in [-0.05, 0) is 30.4 Å². The molecular formula is C16H23NO4. The summed E-state index contributed by atoms with van der Waals surface area (Å²) in [7, 11) is 0. The first-order valence-electron chi connectivity index (χ1n) is 7.07. The first-order valence-corrected chi connectivity index (χ1v) is 7.07. The molecule has 0 fully saturated rings. The number of hydrogen-bond acceptors (Lipinski definition) is 3. The van der Waals surface area contributed by atoms with Gasteiger partial charge in [0.25, 0.3) is 0 Å². The number of aliphatic hydroxyl groups is 1. The number of carboxylic acid groups (broad SMARTS) is 1. The number of nitrogens with one attached hydrogen (secondary N) is 1. The second kappa shape index (κ2) is 7.78. The number of amides is 1.